The van der Waals surface area contributed by atoms with Crippen LogP contribution in [0.25, 0.3) is 0 Å². The van der Waals surface area contributed by atoms with Crippen LogP contribution in [-0.4, -0.2) is 38.2 Å². The molecule has 11 nitrogen and oxygen atoms in total. The maximum atomic E-state index is 13.0. The van der Waals surface area contributed by atoms with Crippen molar-refractivity contribution in [3.63, 3.8) is 0 Å². The summed E-state index contributed by atoms with van der Waals surface area (Å²) in [6.07, 6.45) is 0. The minimum atomic E-state index is -0.781. The predicted molar refractivity (Wildman–Crippen MR) is 126 cm³/mol. The van der Waals surface area contributed by atoms with Gasteiger partial charge in [0.15, 0.2) is 5.75 Å². The van der Waals surface area contributed by atoms with E-state index in [0.29, 0.717) is 17.1 Å². The molecule has 0 radical (unpaired) electrons. The highest BCUT2D eigenvalue weighted by molar-refractivity contribution is 6.09. The molecular weight excluding hydrogens is 444 g/mol. The number of carbonyl (C=O) groups is 2. The van der Waals surface area contributed by atoms with Crippen LogP contribution in [0.1, 0.15) is 10.4 Å². The van der Waals surface area contributed by atoms with Gasteiger partial charge in [-0.2, -0.15) is 0 Å². The number of nitro groups is 1. The van der Waals surface area contributed by atoms with Crippen LogP contribution in [0, 0.1) is 10.1 Å². The van der Waals surface area contributed by atoms with Crippen LogP contribution in [0.15, 0.2) is 60.7 Å². The van der Waals surface area contributed by atoms with Gasteiger partial charge in [-0.1, -0.05) is 24.3 Å². The molecule has 3 rings (SSSR count). The summed E-state index contributed by atoms with van der Waals surface area (Å²) in [5, 5.41) is 19.7. The van der Waals surface area contributed by atoms with Crippen molar-refractivity contribution in [3.05, 3.63) is 76.3 Å². The average Bonchev–Trinajstić information content (AvgIpc) is 2.83. The van der Waals surface area contributed by atoms with Crippen LogP contribution in [0.2, 0.25) is 0 Å². The molecule has 34 heavy (non-hydrogen) atoms. The Balaban J connectivity index is 1.84. The van der Waals surface area contributed by atoms with Gasteiger partial charge in [-0.05, 0) is 30.3 Å². The Morgan fingerprint density at radius 1 is 0.765 bits per heavy atom. The van der Waals surface area contributed by atoms with Gasteiger partial charge in [-0.15, -0.1) is 0 Å². The Hall–Kier alpha value is -4.80. The number of hydrogen-bond donors (Lipinski definition) is 3. The first-order valence-corrected chi connectivity index (χ1v) is 9.89. The van der Waals surface area contributed by atoms with E-state index in [4.69, 9.17) is 14.2 Å². The Labute approximate surface area is 194 Å². The van der Waals surface area contributed by atoms with Crippen molar-refractivity contribution in [2.45, 2.75) is 0 Å². The number of nitrogens with zero attached hydrogens (tertiary/aromatic N) is 1. The fourth-order valence-electron chi connectivity index (χ4n) is 3.18. The van der Waals surface area contributed by atoms with Crippen molar-refractivity contribution in [3.8, 4) is 17.2 Å². The first kappa shape index (κ1) is 23.9. The zero-order valence-corrected chi connectivity index (χ0v) is 18.6. The number of nitro benzene ring substituents is 1. The second kappa shape index (κ2) is 10.7. The smallest absolute Gasteiger partial charge is 0.327 e. The number of methoxy groups -OCH3 is 3. The largest absolute Gasteiger partial charge is 0.493 e. The summed E-state index contributed by atoms with van der Waals surface area (Å²) in [6, 6.07) is 15.9. The molecule has 0 heterocycles. The van der Waals surface area contributed by atoms with Crippen molar-refractivity contribution in [2.75, 3.05) is 37.3 Å². The lowest BCUT2D eigenvalue weighted by Crippen LogP contribution is -2.19. The van der Waals surface area contributed by atoms with E-state index in [0.717, 1.165) is 0 Å². The number of carbonyl (C=O) groups excluding carboxylic acids is 2. The second-order valence-electron chi connectivity index (χ2n) is 6.78. The number of para-hydroxylation sites is 1. The van der Waals surface area contributed by atoms with Gasteiger partial charge in [0.1, 0.15) is 5.56 Å². The lowest BCUT2D eigenvalue weighted by Gasteiger charge is -2.15. The van der Waals surface area contributed by atoms with Gasteiger partial charge in [-0.3, -0.25) is 14.9 Å². The maximum Gasteiger partial charge on any atom is 0.327 e. The van der Waals surface area contributed by atoms with E-state index in [1.807, 2.05) is 6.07 Å². The molecule has 0 fully saturated rings. The fraction of sp³-hybridized carbons (Fsp3) is 0.130. The fourth-order valence-corrected chi connectivity index (χ4v) is 3.18. The highest BCUT2D eigenvalue weighted by Crippen LogP contribution is 2.46. The first-order valence-electron chi connectivity index (χ1n) is 9.89. The monoisotopic (exact) mass is 466 g/mol. The Kier molecular flexibility index (Phi) is 7.49. The molecule has 0 aliphatic carbocycles. The molecule has 0 saturated carbocycles. The SMILES string of the molecule is COc1cc(C(=O)Nc2cccc(NC(=O)Nc3ccccc3)c2)c([N+](=O)[O-])c(OC)c1OC. The molecule has 3 amide bonds. The number of urea groups is 1. The third-order valence-corrected chi connectivity index (χ3v) is 4.64. The van der Waals surface area contributed by atoms with Crippen molar-refractivity contribution in [1.29, 1.82) is 0 Å². The van der Waals surface area contributed by atoms with Crippen molar-refractivity contribution in [2.24, 2.45) is 0 Å². The lowest BCUT2D eigenvalue weighted by atomic mass is 10.1. The third kappa shape index (κ3) is 5.33. The second-order valence-corrected chi connectivity index (χ2v) is 6.78. The summed E-state index contributed by atoms with van der Waals surface area (Å²) in [4.78, 5) is 36.2. The van der Waals surface area contributed by atoms with Crippen LogP contribution < -0.4 is 30.2 Å². The van der Waals surface area contributed by atoms with Crippen LogP contribution in [0.3, 0.4) is 0 Å². The molecule has 0 saturated heterocycles. The molecule has 0 aliphatic heterocycles. The van der Waals surface area contributed by atoms with E-state index >= 15 is 0 Å². The summed E-state index contributed by atoms with van der Waals surface area (Å²) in [6.45, 7) is 0. The van der Waals surface area contributed by atoms with Crippen LogP contribution in [0.5, 0.6) is 17.2 Å². The predicted octanol–water partition coefficient (Wildman–Crippen LogP) is 4.52. The number of ether oxygens (including phenoxy) is 3. The Morgan fingerprint density at radius 2 is 1.35 bits per heavy atom. The van der Waals surface area contributed by atoms with Gasteiger partial charge in [0.25, 0.3) is 5.91 Å². The highest BCUT2D eigenvalue weighted by atomic mass is 16.6. The molecule has 0 atom stereocenters. The van der Waals surface area contributed by atoms with Crippen LogP contribution >= 0.6 is 0 Å². The quantitative estimate of drug-likeness (QED) is 0.327. The molecule has 11 heteroatoms. The van der Waals surface area contributed by atoms with Gasteiger partial charge >= 0.3 is 11.7 Å². The summed E-state index contributed by atoms with van der Waals surface area (Å²) < 4.78 is 15.5. The molecule has 3 aromatic rings. The third-order valence-electron chi connectivity index (χ3n) is 4.64. The maximum absolute atomic E-state index is 13.0. The van der Waals surface area contributed by atoms with Crippen molar-refractivity contribution < 1.29 is 28.7 Å². The molecule has 0 bridgehead atoms. The zero-order chi connectivity index (χ0) is 24.7. The molecule has 0 aromatic heterocycles. The Morgan fingerprint density at radius 3 is 1.94 bits per heavy atom. The van der Waals surface area contributed by atoms with Crippen LogP contribution in [-0.2, 0) is 0 Å². The molecule has 3 N–H and O–H groups in total. The van der Waals surface area contributed by atoms with Crippen LogP contribution in [0.4, 0.5) is 27.5 Å². The number of benzene rings is 3. The van der Waals surface area contributed by atoms with E-state index in [2.05, 4.69) is 16.0 Å². The number of rotatable bonds is 8. The van der Waals surface area contributed by atoms with Gasteiger partial charge in [0.2, 0.25) is 11.5 Å². The molecular formula is C23H22N4O7. The standard InChI is InChI=1S/C23H22N4O7/c1-32-18-13-17(19(27(30)31)21(34-3)20(18)33-2)22(28)24-15-10-7-11-16(12-15)26-23(29)25-14-8-5-4-6-9-14/h4-13H,1-3H3,(H,24,28)(H2,25,26,29). The van der Waals surface area contributed by atoms with E-state index in [9.17, 15) is 19.7 Å². The summed E-state index contributed by atoms with van der Waals surface area (Å²) in [7, 11) is 3.86. The van der Waals surface area contributed by atoms with Gasteiger partial charge in [0.05, 0.1) is 26.3 Å². The highest BCUT2D eigenvalue weighted by Gasteiger charge is 2.32. The number of hydrogen-bond acceptors (Lipinski definition) is 7. The van der Waals surface area contributed by atoms with E-state index in [-0.39, 0.29) is 22.8 Å². The van der Waals surface area contributed by atoms with E-state index < -0.39 is 22.5 Å². The zero-order valence-electron chi connectivity index (χ0n) is 18.6. The van der Waals surface area contributed by atoms with Crippen molar-refractivity contribution >= 4 is 34.7 Å². The minimum absolute atomic E-state index is 0.0103. The molecule has 176 valence electrons. The molecule has 0 aliphatic rings. The molecule has 0 spiro atoms. The van der Waals surface area contributed by atoms with Gasteiger partial charge in [-0.25, -0.2) is 4.79 Å². The van der Waals surface area contributed by atoms with E-state index in [1.54, 1.807) is 42.5 Å². The lowest BCUT2D eigenvalue weighted by molar-refractivity contribution is -0.386. The summed E-state index contributed by atoms with van der Waals surface area (Å²) >= 11 is 0. The van der Waals surface area contributed by atoms with E-state index in [1.165, 1.54) is 33.5 Å². The Bertz CT molecular complexity index is 1220. The normalized spacial score (nSPS) is 10.1. The topological polar surface area (TPSA) is 141 Å². The number of anilines is 3. The number of amides is 3. The van der Waals surface area contributed by atoms with Gasteiger partial charge in [0, 0.05) is 23.1 Å². The number of nitrogens with one attached hydrogen (secondary N) is 3. The van der Waals surface area contributed by atoms with Gasteiger partial charge < -0.3 is 30.2 Å². The minimum Gasteiger partial charge on any atom is -0.493 e. The van der Waals surface area contributed by atoms with Crippen molar-refractivity contribution in [1.82, 2.24) is 0 Å². The first-order chi connectivity index (χ1) is 16.4. The average molecular weight is 466 g/mol. The summed E-state index contributed by atoms with van der Waals surface area (Å²) in [5.74, 6) is -0.950. The molecule has 3 aromatic carbocycles. The molecule has 0 unspecified atom stereocenters. The summed E-state index contributed by atoms with van der Waals surface area (Å²) in [5.41, 5.74) is 0.434.